The first-order valence-corrected chi connectivity index (χ1v) is 13.4. The fraction of sp³-hybridized carbons (Fsp3) is 0.452. The molecule has 0 unspecified atom stereocenters. The van der Waals surface area contributed by atoms with E-state index in [2.05, 4.69) is 38.7 Å². The molecule has 0 radical (unpaired) electrons. The van der Waals surface area contributed by atoms with Crippen molar-refractivity contribution >= 4 is 17.4 Å². The van der Waals surface area contributed by atoms with Gasteiger partial charge in [-0.2, -0.15) is 0 Å². The number of carbonyl (C=O) groups excluding carboxylic acids is 1. The lowest BCUT2D eigenvalue weighted by Crippen LogP contribution is -2.39. The Morgan fingerprint density at radius 3 is 2.62 bits per heavy atom. The number of ketones is 1. The van der Waals surface area contributed by atoms with Gasteiger partial charge in [-0.25, -0.2) is 0 Å². The second-order valence-electron chi connectivity index (χ2n) is 10.6. The van der Waals surface area contributed by atoms with Gasteiger partial charge in [-0.1, -0.05) is 18.2 Å². The number of allylic oxidation sites excluding steroid dienone is 1. The number of carbonyl (C=O) groups is 1. The molecular weight excluding hydrogens is 466 g/mol. The van der Waals surface area contributed by atoms with Gasteiger partial charge in [0, 0.05) is 53.9 Å². The minimum atomic E-state index is -0.167. The number of phenols is 1. The Balaban J connectivity index is 1.34. The van der Waals surface area contributed by atoms with E-state index >= 15 is 0 Å². The molecular formula is C31H37NO5. The SMILES string of the molecule is CC(C)N(CCOc1ccc([C@H]2CC3=CC(=O)Cc4c5c(cc(O)c4=C3CO2)=CCCO5)cc1)C(C)C. The predicted octanol–water partition coefficient (Wildman–Crippen LogP) is 3.82. The standard InChI is InChI=1S/C31H37NO5/c1-19(2)32(20(3)4)11-13-35-25-9-7-21(8-10-25)29-16-23-14-24(33)17-26-30(27(23)18-37-29)28(34)15-22-6-5-12-36-31(22)26/h6-10,14-15,19-20,29,34H,5,11-13,16-18H2,1-4H3/t29-/m1/s1. The molecule has 2 aromatic carbocycles. The highest BCUT2D eigenvalue weighted by Crippen LogP contribution is 2.37. The summed E-state index contributed by atoms with van der Waals surface area (Å²) < 4.78 is 18.2. The Morgan fingerprint density at radius 1 is 1.14 bits per heavy atom. The number of phenolic OH excluding ortho intramolecular Hbond substituents is 1. The summed E-state index contributed by atoms with van der Waals surface area (Å²) in [6.45, 7) is 11.3. The van der Waals surface area contributed by atoms with Crippen molar-refractivity contribution in [2.24, 2.45) is 0 Å². The first-order valence-electron chi connectivity index (χ1n) is 13.4. The number of ether oxygens (including phenoxy) is 3. The van der Waals surface area contributed by atoms with Gasteiger partial charge < -0.3 is 19.3 Å². The van der Waals surface area contributed by atoms with E-state index in [0.29, 0.717) is 43.5 Å². The molecule has 0 spiro atoms. The molecule has 0 saturated carbocycles. The number of rotatable bonds is 7. The van der Waals surface area contributed by atoms with Crippen LogP contribution in [-0.2, 0) is 16.0 Å². The zero-order valence-electron chi connectivity index (χ0n) is 22.3. The molecule has 1 fully saturated rings. The van der Waals surface area contributed by atoms with Crippen LogP contribution in [0.3, 0.4) is 0 Å². The van der Waals surface area contributed by atoms with E-state index in [1.54, 1.807) is 12.1 Å². The van der Waals surface area contributed by atoms with E-state index in [1.807, 2.05) is 24.3 Å². The molecule has 1 aliphatic carbocycles. The van der Waals surface area contributed by atoms with Crippen LogP contribution in [0, 0.1) is 0 Å². The minimum Gasteiger partial charge on any atom is -0.507 e. The first kappa shape index (κ1) is 25.6. The summed E-state index contributed by atoms with van der Waals surface area (Å²) in [7, 11) is 0. The van der Waals surface area contributed by atoms with E-state index in [1.165, 1.54) is 0 Å². The van der Waals surface area contributed by atoms with Crippen LogP contribution in [-0.4, -0.2) is 54.2 Å². The number of benzene rings is 2. The van der Waals surface area contributed by atoms with E-state index < -0.39 is 0 Å². The van der Waals surface area contributed by atoms with Crippen LogP contribution in [0.4, 0.5) is 0 Å². The van der Waals surface area contributed by atoms with Crippen molar-refractivity contribution in [2.45, 2.75) is 65.1 Å². The van der Waals surface area contributed by atoms with Crippen molar-refractivity contribution < 1.29 is 24.1 Å². The van der Waals surface area contributed by atoms with Gasteiger partial charge in [-0.15, -0.1) is 0 Å². The van der Waals surface area contributed by atoms with Crippen LogP contribution in [0.1, 0.15) is 57.8 Å². The zero-order chi connectivity index (χ0) is 26.1. The van der Waals surface area contributed by atoms with Gasteiger partial charge in [0.1, 0.15) is 23.9 Å². The molecule has 196 valence electrons. The van der Waals surface area contributed by atoms with Gasteiger partial charge in [-0.3, -0.25) is 9.69 Å². The van der Waals surface area contributed by atoms with Crippen LogP contribution >= 0.6 is 0 Å². The molecule has 2 heterocycles. The fourth-order valence-electron chi connectivity index (χ4n) is 5.76. The van der Waals surface area contributed by atoms with E-state index in [9.17, 15) is 9.90 Å². The zero-order valence-corrected chi connectivity index (χ0v) is 22.3. The molecule has 1 N–H and O–H groups in total. The largest absolute Gasteiger partial charge is 0.507 e. The highest BCUT2D eigenvalue weighted by Gasteiger charge is 2.29. The first-order chi connectivity index (χ1) is 17.8. The maximum absolute atomic E-state index is 12.9. The average molecular weight is 504 g/mol. The second-order valence-corrected chi connectivity index (χ2v) is 10.6. The summed E-state index contributed by atoms with van der Waals surface area (Å²) in [6.07, 6.45) is 5.20. The molecule has 2 aromatic rings. The topological polar surface area (TPSA) is 68.2 Å². The van der Waals surface area contributed by atoms with Crippen LogP contribution in [0.5, 0.6) is 17.2 Å². The quantitative estimate of drug-likeness (QED) is 0.620. The highest BCUT2D eigenvalue weighted by molar-refractivity contribution is 5.97. The maximum atomic E-state index is 12.9. The summed E-state index contributed by atoms with van der Waals surface area (Å²) in [5, 5.41) is 12.5. The monoisotopic (exact) mass is 503 g/mol. The molecule has 6 heteroatoms. The fourth-order valence-corrected chi connectivity index (χ4v) is 5.76. The Morgan fingerprint density at radius 2 is 1.89 bits per heavy atom. The van der Waals surface area contributed by atoms with Gasteiger partial charge >= 0.3 is 0 Å². The summed E-state index contributed by atoms with van der Waals surface area (Å²) in [5.74, 6) is 1.76. The Hall–Kier alpha value is -3.09. The second kappa shape index (κ2) is 10.7. The molecule has 5 rings (SSSR count). The normalized spacial score (nSPS) is 19.0. The third-order valence-electron chi connectivity index (χ3n) is 7.52. The van der Waals surface area contributed by atoms with E-state index in [4.69, 9.17) is 14.2 Å². The number of hydrogen-bond donors (Lipinski definition) is 1. The lowest BCUT2D eigenvalue weighted by Gasteiger charge is -2.30. The number of aromatic hydroxyl groups is 1. The maximum Gasteiger partial charge on any atom is 0.160 e. The molecule has 0 bridgehead atoms. The molecule has 37 heavy (non-hydrogen) atoms. The summed E-state index contributed by atoms with van der Waals surface area (Å²) in [4.78, 5) is 15.3. The average Bonchev–Trinajstić information content (AvgIpc) is 3.02. The van der Waals surface area contributed by atoms with Crippen molar-refractivity contribution in [2.75, 3.05) is 26.4 Å². The van der Waals surface area contributed by atoms with Gasteiger partial charge in [0.2, 0.25) is 0 Å². The third-order valence-corrected chi connectivity index (χ3v) is 7.52. The van der Waals surface area contributed by atoms with Crippen LogP contribution in [0.15, 0.2) is 42.0 Å². The summed E-state index contributed by atoms with van der Waals surface area (Å²) >= 11 is 0. The van der Waals surface area contributed by atoms with Gasteiger partial charge in [0.05, 0.1) is 19.3 Å². The van der Waals surface area contributed by atoms with Crippen LogP contribution in [0.25, 0.3) is 11.6 Å². The van der Waals surface area contributed by atoms with E-state index in [-0.39, 0.29) is 24.1 Å². The van der Waals surface area contributed by atoms with Crippen molar-refractivity contribution in [1.29, 1.82) is 0 Å². The molecule has 2 aliphatic heterocycles. The number of fused-ring (bicyclic) bond motifs is 4. The molecule has 6 nitrogen and oxygen atoms in total. The van der Waals surface area contributed by atoms with Crippen molar-refractivity contribution in [3.8, 4) is 17.2 Å². The van der Waals surface area contributed by atoms with Gasteiger partial charge in [0.15, 0.2) is 5.78 Å². The summed E-state index contributed by atoms with van der Waals surface area (Å²) in [6, 6.07) is 10.8. The molecule has 0 aromatic heterocycles. The Bertz CT molecular complexity index is 1310. The lowest BCUT2D eigenvalue weighted by molar-refractivity contribution is -0.114. The third kappa shape index (κ3) is 5.32. The van der Waals surface area contributed by atoms with Crippen molar-refractivity contribution in [3.05, 3.63) is 63.5 Å². The van der Waals surface area contributed by atoms with Crippen molar-refractivity contribution in [3.63, 3.8) is 0 Å². The molecule has 1 atom stereocenters. The van der Waals surface area contributed by atoms with Crippen molar-refractivity contribution in [1.82, 2.24) is 4.90 Å². The van der Waals surface area contributed by atoms with Crippen LogP contribution < -0.4 is 19.9 Å². The Labute approximate surface area is 218 Å². The highest BCUT2D eigenvalue weighted by atomic mass is 16.5. The molecule has 1 saturated heterocycles. The van der Waals surface area contributed by atoms with Gasteiger partial charge in [-0.05, 0) is 68.7 Å². The smallest absolute Gasteiger partial charge is 0.160 e. The predicted molar refractivity (Wildman–Crippen MR) is 144 cm³/mol. The Kier molecular flexibility index (Phi) is 7.40. The van der Waals surface area contributed by atoms with E-state index in [0.717, 1.165) is 52.0 Å². The minimum absolute atomic E-state index is 0.0226. The molecule has 0 amide bonds. The van der Waals surface area contributed by atoms with Crippen LogP contribution in [0.2, 0.25) is 0 Å². The molecule has 3 aliphatic rings. The van der Waals surface area contributed by atoms with Gasteiger partial charge in [0.25, 0.3) is 0 Å². The number of nitrogens with zero attached hydrogens (tertiary/aromatic N) is 1. The lowest BCUT2D eigenvalue weighted by atomic mass is 9.91. The summed E-state index contributed by atoms with van der Waals surface area (Å²) in [5.41, 5.74) is 3.63. The number of hydrogen-bond acceptors (Lipinski definition) is 6.